The molecule has 0 aliphatic carbocycles. The topological polar surface area (TPSA) is 151 Å². The first-order chi connectivity index (χ1) is 13.7. The van der Waals surface area contributed by atoms with E-state index in [1.807, 2.05) is 13.0 Å². The van der Waals surface area contributed by atoms with E-state index in [9.17, 15) is 24.3 Å². The Bertz CT molecular complexity index is 710. The Morgan fingerprint density at radius 1 is 1.00 bits per heavy atom. The third-order valence-corrected chi connectivity index (χ3v) is 4.65. The van der Waals surface area contributed by atoms with Gasteiger partial charge in [0.05, 0.1) is 6.54 Å². The van der Waals surface area contributed by atoms with Gasteiger partial charge in [0.15, 0.2) is 0 Å². The molecule has 0 saturated carbocycles. The lowest BCUT2D eigenvalue weighted by molar-refractivity contribution is -0.142. The minimum atomic E-state index is -1.17. The highest BCUT2D eigenvalue weighted by Gasteiger charge is 2.29. The molecule has 29 heavy (non-hydrogen) atoms. The molecule has 9 heteroatoms. The van der Waals surface area contributed by atoms with Gasteiger partial charge in [-0.2, -0.15) is 0 Å². The van der Waals surface area contributed by atoms with E-state index in [2.05, 4.69) is 16.0 Å². The summed E-state index contributed by atoms with van der Waals surface area (Å²) in [6.45, 7) is 4.87. The largest absolute Gasteiger partial charge is 0.480 e. The summed E-state index contributed by atoms with van der Waals surface area (Å²) >= 11 is 0. The Balaban J connectivity index is 2.75. The summed E-state index contributed by atoms with van der Waals surface area (Å²) in [6, 6.07) is 5.95. The SMILES string of the molecule is CCC(C)C(NC(=O)CN)C(=O)NC(C)C(=O)NC(Cc1ccccc1)C(=O)O. The van der Waals surface area contributed by atoms with Gasteiger partial charge in [0.25, 0.3) is 0 Å². The number of nitrogens with two attached hydrogens (primary N) is 1. The average Bonchev–Trinajstić information content (AvgIpc) is 2.70. The maximum atomic E-state index is 12.6. The van der Waals surface area contributed by atoms with Crippen LogP contribution in [0.1, 0.15) is 32.8 Å². The third-order valence-electron chi connectivity index (χ3n) is 4.65. The molecule has 0 fully saturated rings. The van der Waals surface area contributed by atoms with Crippen molar-refractivity contribution in [3.8, 4) is 0 Å². The van der Waals surface area contributed by atoms with E-state index >= 15 is 0 Å². The molecule has 4 unspecified atom stereocenters. The minimum Gasteiger partial charge on any atom is -0.480 e. The van der Waals surface area contributed by atoms with Gasteiger partial charge in [-0.25, -0.2) is 4.79 Å². The van der Waals surface area contributed by atoms with Gasteiger partial charge in [0, 0.05) is 6.42 Å². The molecular weight excluding hydrogens is 376 g/mol. The maximum absolute atomic E-state index is 12.6. The number of aliphatic carboxylic acids is 1. The smallest absolute Gasteiger partial charge is 0.326 e. The molecule has 3 amide bonds. The van der Waals surface area contributed by atoms with Crippen molar-refractivity contribution in [2.75, 3.05) is 6.54 Å². The molecule has 1 aromatic carbocycles. The van der Waals surface area contributed by atoms with Gasteiger partial charge >= 0.3 is 5.97 Å². The summed E-state index contributed by atoms with van der Waals surface area (Å²) in [6.07, 6.45) is 0.742. The monoisotopic (exact) mass is 406 g/mol. The van der Waals surface area contributed by atoms with Crippen LogP contribution in [0.2, 0.25) is 0 Å². The van der Waals surface area contributed by atoms with E-state index < -0.39 is 41.8 Å². The number of hydrogen-bond donors (Lipinski definition) is 5. The number of carbonyl (C=O) groups is 4. The fourth-order valence-corrected chi connectivity index (χ4v) is 2.65. The lowest BCUT2D eigenvalue weighted by Gasteiger charge is -2.25. The first kappa shape index (κ1) is 24.1. The van der Waals surface area contributed by atoms with Crippen LogP contribution in [-0.4, -0.2) is 53.5 Å². The minimum absolute atomic E-state index is 0.116. The Morgan fingerprint density at radius 2 is 1.62 bits per heavy atom. The van der Waals surface area contributed by atoms with Crippen LogP contribution < -0.4 is 21.7 Å². The van der Waals surface area contributed by atoms with Crippen LogP contribution in [0.5, 0.6) is 0 Å². The van der Waals surface area contributed by atoms with E-state index in [-0.39, 0.29) is 18.9 Å². The molecule has 0 saturated heterocycles. The van der Waals surface area contributed by atoms with Crippen LogP contribution in [0.3, 0.4) is 0 Å². The van der Waals surface area contributed by atoms with Crippen LogP contribution in [0.4, 0.5) is 0 Å². The predicted octanol–water partition coefficient (Wildman–Crippen LogP) is -0.207. The number of carboxylic acid groups (broad SMARTS) is 1. The fraction of sp³-hybridized carbons (Fsp3) is 0.500. The predicted molar refractivity (Wildman–Crippen MR) is 108 cm³/mol. The van der Waals surface area contributed by atoms with Gasteiger partial charge in [-0.15, -0.1) is 0 Å². The molecule has 0 spiro atoms. The summed E-state index contributed by atoms with van der Waals surface area (Å²) in [7, 11) is 0. The highest BCUT2D eigenvalue weighted by Crippen LogP contribution is 2.09. The first-order valence-electron chi connectivity index (χ1n) is 9.56. The van der Waals surface area contributed by atoms with Crippen molar-refractivity contribution in [3.05, 3.63) is 35.9 Å². The number of carboxylic acids is 1. The summed E-state index contributed by atoms with van der Waals surface area (Å²) in [5.41, 5.74) is 6.06. The summed E-state index contributed by atoms with van der Waals surface area (Å²) < 4.78 is 0. The van der Waals surface area contributed by atoms with Crippen molar-refractivity contribution in [2.24, 2.45) is 11.7 Å². The molecule has 160 valence electrons. The lowest BCUT2D eigenvalue weighted by atomic mass is 9.98. The van der Waals surface area contributed by atoms with Crippen molar-refractivity contribution >= 4 is 23.7 Å². The molecule has 0 heterocycles. The van der Waals surface area contributed by atoms with Gasteiger partial charge in [-0.05, 0) is 18.4 Å². The molecule has 0 radical (unpaired) electrons. The van der Waals surface area contributed by atoms with Crippen LogP contribution in [0.25, 0.3) is 0 Å². The highest BCUT2D eigenvalue weighted by molar-refractivity contribution is 5.93. The molecule has 0 aliphatic rings. The van der Waals surface area contributed by atoms with Crippen LogP contribution in [0, 0.1) is 5.92 Å². The number of nitrogens with one attached hydrogen (secondary N) is 3. The van der Waals surface area contributed by atoms with Crippen LogP contribution in [0.15, 0.2) is 30.3 Å². The third kappa shape index (κ3) is 7.90. The average molecular weight is 406 g/mol. The number of benzene rings is 1. The van der Waals surface area contributed by atoms with Gasteiger partial charge in [0.2, 0.25) is 17.7 Å². The van der Waals surface area contributed by atoms with E-state index in [4.69, 9.17) is 5.73 Å². The molecule has 9 nitrogen and oxygen atoms in total. The van der Waals surface area contributed by atoms with Crippen LogP contribution >= 0.6 is 0 Å². The second-order valence-electron chi connectivity index (χ2n) is 6.95. The van der Waals surface area contributed by atoms with Gasteiger partial charge in [-0.1, -0.05) is 50.6 Å². The summed E-state index contributed by atoms with van der Waals surface area (Å²) in [5, 5.41) is 16.9. The lowest BCUT2D eigenvalue weighted by Crippen LogP contribution is -2.57. The normalized spacial score (nSPS) is 14.8. The second kappa shape index (κ2) is 11.8. The van der Waals surface area contributed by atoms with Crippen molar-refractivity contribution < 1.29 is 24.3 Å². The molecular formula is C20H30N4O5. The zero-order valence-electron chi connectivity index (χ0n) is 17.0. The van der Waals surface area contributed by atoms with Gasteiger partial charge in [-0.3, -0.25) is 14.4 Å². The Kier molecular flexibility index (Phi) is 9.81. The van der Waals surface area contributed by atoms with E-state index in [0.29, 0.717) is 6.42 Å². The standard InChI is InChI=1S/C20H30N4O5/c1-4-12(2)17(24-16(25)11-21)19(27)22-13(3)18(26)23-15(20(28)29)10-14-8-6-5-7-9-14/h5-9,12-13,15,17H,4,10-11,21H2,1-3H3,(H,22,27)(H,23,26)(H,24,25)(H,28,29). The Morgan fingerprint density at radius 3 is 2.14 bits per heavy atom. The Labute approximate surface area is 170 Å². The van der Waals surface area contributed by atoms with E-state index in [0.717, 1.165) is 5.56 Å². The van der Waals surface area contributed by atoms with Crippen LogP contribution in [-0.2, 0) is 25.6 Å². The van der Waals surface area contributed by atoms with Crippen molar-refractivity contribution in [1.82, 2.24) is 16.0 Å². The van der Waals surface area contributed by atoms with Gasteiger partial charge in [0.1, 0.15) is 18.1 Å². The molecule has 0 aromatic heterocycles. The number of amides is 3. The molecule has 0 aliphatic heterocycles. The molecule has 1 aromatic rings. The zero-order valence-corrected chi connectivity index (χ0v) is 17.0. The highest BCUT2D eigenvalue weighted by atomic mass is 16.4. The maximum Gasteiger partial charge on any atom is 0.326 e. The Hall–Kier alpha value is -2.94. The van der Waals surface area contributed by atoms with E-state index in [1.165, 1.54) is 6.92 Å². The van der Waals surface area contributed by atoms with Crippen molar-refractivity contribution in [3.63, 3.8) is 0 Å². The fourth-order valence-electron chi connectivity index (χ4n) is 2.65. The zero-order chi connectivity index (χ0) is 22.0. The number of rotatable bonds is 11. The quantitative estimate of drug-likeness (QED) is 0.343. The van der Waals surface area contributed by atoms with E-state index in [1.54, 1.807) is 31.2 Å². The second-order valence-corrected chi connectivity index (χ2v) is 6.95. The van der Waals surface area contributed by atoms with Gasteiger partial charge < -0.3 is 26.8 Å². The van der Waals surface area contributed by atoms with Crippen molar-refractivity contribution in [1.29, 1.82) is 0 Å². The number of carbonyl (C=O) groups excluding carboxylic acids is 3. The summed E-state index contributed by atoms with van der Waals surface area (Å²) in [5.74, 6) is -2.98. The summed E-state index contributed by atoms with van der Waals surface area (Å²) in [4.78, 5) is 48.1. The molecule has 1 rings (SSSR count). The molecule has 6 N–H and O–H groups in total. The number of hydrogen-bond acceptors (Lipinski definition) is 5. The first-order valence-corrected chi connectivity index (χ1v) is 9.56. The molecule has 4 atom stereocenters. The van der Waals surface area contributed by atoms with Crippen molar-refractivity contribution in [2.45, 2.75) is 51.7 Å². The molecule has 0 bridgehead atoms.